The van der Waals surface area contributed by atoms with Crippen molar-refractivity contribution in [3.63, 3.8) is 0 Å². The van der Waals surface area contributed by atoms with Gasteiger partial charge in [-0.1, -0.05) is 6.07 Å². The van der Waals surface area contributed by atoms with Crippen molar-refractivity contribution in [2.75, 3.05) is 7.05 Å². The molecule has 1 fully saturated rings. The van der Waals surface area contributed by atoms with Gasteiger partial charge in [0.15, 0.2) is 0 Å². The molecule has 19 heavy (non-hydrogen) atoms. The van der Waals surface area contributed by atoms with Gasteiger partial charge in [0.25, 0.3) is 0 Å². The SMILES string of the molecule is CN1C(=O)NC(=N)C1c1ccc(F)c(C(F)(F)F)c1. The lowest BCUT2D eigenvalue weighted by atomic mass is 10.0. The van der Waals surface area contributed by atoms with Gasteiger partial charge in [0.1, 0.15) is 17.7 Å². The van der Waals surface area contributed by atoms with E-state index in [1.165, 1.54) is 7.05 Å². The maximum atomic E-state index is 13.2. The number of hydrogen-bond donors (Lipinski definition) is 2. The van der Waals surface area contributed by atoms with E-state index in [1.54, 1.807) is 0 Å². The Morgan fingerprint density at radius 3 is 2.47 bits per heavy atom. The number of hydrogen-bond acceptors (Lipinski definition) is 2. The van der Waals surface area contributed by atoms with Gasteiger partial charge in [-0.3, -0.25) is 10.7 Å². The van der Waals surface area contributed by atoms with E-state index >= 15 is 0 Å². The number of rotatable bonds is 1. The van der Waals surface area contributed by atoms with Crippen LogP contribution in [0.25, 0.3) is 0 Å². The van der Waals surface area contributed by atoms with E-state index in [1.807, 2.05) is 0 Å². The molecule has 2 rings (SSSR count). The van der Waals surface area contributed by atoms with Crippen LogP contribution in [0, 0.1) is 11.2 Å². The first-order valence-electron chi connectivity index (χ1n) is 5.20. The molecule has 0 aromatic heterocycles. The number of nitrogens with zero attached hydrogens (tertiary/aromatic N) is 1. The molecule has 1 aliphatic heterocycles. The van der Waals surface area contributed by atoms with Crippen molar-refractivity contribution >= 4 is 11.9 Å². The zero-order valence-corrected chi connectivity index (χ0v) is 9.68. The second-order valence-corrected chi connectivity index (χ2v) is 4.09. The summed E-state index contributed by atoms with van der Waals surface area (Å²) in [4.78, 5) is 12.4. The summed E-state index contributed by atoms with van der Waals surface area (Å²) in [7, 11) is 1.35. The van der Waals surface area contributed by atoms with Crippen LogP contribution in [0.3, 0.4) is 0 Å². The summed E-state index contributed by atoms with van der Waals surface area (Å²) in [6, 6.07) is 0.871. The number of carbonyl (C=O) groups excluding carboxylic acids is 1. The quantitative estimate of drug-likeness (QED) is 0.760. The molecule has 0 aliphatic carbocycles. The highest BCUT2D eigenvalue weighted by atomic mass is 19.4. The van der Waals surface area contributed by atoms with Gasteiger partial charge >= 0.3 is 12.2 Å². The van der Waals surface area contributed by atoms with Crippen molar-refractivity contribution in [3.8, 4) is 0 Å². The molecule has 2 N–H and O–H groups in total. The molecule has 0 bridgehead atoms. The van der Waals surface area contributed by atoms with Gasteiger partial charge in [-0.25, -0.2) is 9.18 Å². The average molecular weight is 275 g/mol. The van der Waals surface area contributed by atoms with Gasteiger partial charge in [-0.2, -0.15) is 13.2 Å². The molecule has 0 radical (unpaired) electrons. The van der Waals surface area contributed by atoms with Crippen molar-refractivity contribution in [1.82, 2.24) is 10.2 Å². The van der Waals surface area contributed by atoms with E-state index in [4.69, 9.17) is 5.41 Å². The summed E-state index contributed by atoms with van der Waals surface area (Å²) in [5.74, 6) is -1.63. The largest absolute Gasteiger partial charge is 0.419 e. The monoisotopic (exact) mass is 275 g/mol. The van der Waals surface area contributed by atoms with E-state index < -0.39 is 29.6 Å². The topological polar surface area (TPSA) is 56.2 Å². The fourth-order valence-electron chi connectivity index (χ4n) is 1.90. The molecule has 1 aliphatic rings. The molecule has 1 heterocycles. The van der Waals surface area contributed by atoms with Crippen LogP contribution in [0.5, 0.6) is 0 Å². The molecule has 1 saturated heterocycles. The zero-order valence-electron chi connectivity index (χ0n) is 9.68. The molecule has 1 unspecified atom stereocenters. The van der Waals surface area contributed by atoms with Crippen molar-refractivity contribution in [3.05, 3.63) is 35.1 Å². The van der Waals surface area contributed by atoms with Crippen LogP contribution in [0.15, 0.2) is 18.2 Å². The minimum absolute atomic E-state index is 0.0274. The lowest BCUT2D eigenvalue weighted by Crippen LogP contribution is -2.25. The first-order valence-corrected chi connectivity index (χ1v) is 5.20. The van der Waals surface area contributed by atoms with E-state index in [0.29, 0.717) is 12.1 Å². The highest BCUT2D eigenvalue weighted by Crippen LogP contribution is 2.34. The Balaban J connectivity index is 2.47. The summed E-state index contributed by atoms with van der Waals surface area (Å²) >= 11 is 0. The molecule has 2 amide bonds. The Bertz CT molecular complexity index is 555. The number of amides is 2. The molecule has 1 aromatic rings. The highest BCUT2D eigenvalue weighted by Gasteiger charge is 2.38. The van der Waals surface area contributed by atoms with Crippen LogP contribution in [0.4, 0.5) is 22.4 Å². The lowest BCUT2D eigenvalue weighted by molar-refractivity contribution is -0.140. The van der Waals surface area contributed by atoms with E-state index in [0.717, 1.165) is 11.0 Å². The van der Waals surface area contributed by atoms with Crippen LogP contribution in [-0.4, -0.2) is 23.8 Å². The second kappa shape index (κ2) is 4.22. The molecule has 4 nitrogen and oxygen atoms in total. The van der Waals surface area contributed by atoms with Crippen LogP contribution in [-0.2, 0) is 6.18 Å². The molecular weight excluding hydrogens is 266 g/mol. The van der Waals surface area contributed by atoms with Crippen LogP contribution >= 0.6 is 0 Å². The zero-order chi connectivity index (χ0) is 14.4. The maximum absolute atomic E-state index is 13.2. The minimum Gasteiger partial charge on any atom is -0.313 e. The van der Waals surface area contributed by atoms with Gasteiger partial charge in [0.05, 0.1) is 5.56 Å². The number of likely N-dealkylation sites (N-methyl/N-ethyl adjacent to an activating group) is 1. The van der Waals surface area contributed by atoms with Crippen molar-refractivity contribution in [2.45, 2.75) is 12.2 Å². The van der Waals surface area contributed by atoms with Crippen LogP contribution < -0.4 is 5.32 Å². The van der Waals surface area contributed by atoms with E-state index in [2.05, 4.69) is 5.32 Å². The Hall–Kier alpha value is -2.12. The van der Waals surface area contributed by atoms with Gasteiger partial charge in [-0.05, 0) is 17.7 Å². The molecule has 0 spiro atoms. The summed E-state index contributed by atoms with van der Waals surface area (Å²) in [6.07, 6.45) is -4.82. The van der Waals surface area contributed by atoms with Gasteiger partial charge < -0.3 is 4.90 Å². The maximum Gasteiger partial charge on any atom is 0.419 e. The minimum atomic E-state index is -4.82. The molecule has 0 saturated carbocycles. The third-order valence-corrected chi connectivity index (χ3v) is 2.83. The molecule has 1 atom stereocenters. The Labute approximate surface area is 105 Å². The number of nitrogens with one attached hydrogen (secondary N) is 2. The van der Waals surface area contributed by atoms with Gasteiger partial charge in [-0.15, -0.1) is 0 Å². The molecular formula is C11H9F4N3O. The molecule has 8 heteroatoms. The van der Waals surface area contributed by atoms with Crippen molar-refractivity contribution in [1.29, 1.82) is 5.41 Å². The Morgan fingerprint density at radius 2 is 2.00 bits per heavy atom. The van der Waals surface area contributed by atoms with Crippen LogP contribution in [0.1, 0.15) is 17.2 Å². The van der Waals surface area contributed by atoms with Crippen molar-refractivity contribution < 1.29 is 22.4 Å². The Morgan fingerprint density at radius 1 is 1.37 bits per heavy atom. The fourth-order valence-corrected chi connectivity index (χ4v) is 1.90. The number of alkyl halides is 3. The summed E-state index contributed by atoms with van der Waals surface area (Å²) in [6.45, 7) is 0. The summed E-state index contributed by atoms with van der Waals surface area (Å²) in [5, 5.41) is 9.72. The van der Waals surface area contributed by atoms with Gasteiger partial charge in [0.2, 0.25) is 0 Å². The number of carbonyl (C=O) groups is 1. The number of urea groups is 1. The first kappa shape index (κ1) is 13.3. The normalized spacial score (nSPS) is 19.8. The number of amidine groups is 1. The smallest absolute Gasteiger partial charge is 0.313 e. The average Bonchev–Trinajstić information content (AvgIpc) is 2.53. The number of halogens is 4. The summed E-state index contributed by atoms with van der Waals surface area (Å²) in [5.41, 5.74) is -1.38. The van der Waals surface area contributed by atoms with Crippen molar-refractivity contribution in [2.24, 2.45) is 0 Å². The van der Waals surface area contributed by atoms with Gasteiger partial charge in [0, 0.05) is 7.05 Å². The second-order valence-electron chi connectivity index (χ2n) is 4.09. The predicted molar refractivity (Wildman–Crippen MR) is 58.2 cm³/mol. The van der Waals surface area contributed by atoms with Crippen LogP contribution in [0.2, 0.25) is 0 Å². The number of benzene rings is 1. The molecule has 102 valence electrons. The fraction of sp³-hybridized carbons (Fsp3) is 0.273. The molecule has 1 aromatic carbocycles. The lowest BCUT2D eigenvalue weighted by Gasteiger charge is -2.19. The standard InChI is InChI=1S/C11H9F4N3O/c1-18-8(9(16)17-10(18)19)5-2-3-7(12)6(4-5)11(13,14)15/h2-4,8H,1H3,(H2,16,17,19). The Kier molecular flexibility index (Phi) is 2.95. The third kappa shape index (κ3) is 2.25. The predicted octanol–water partition coefficient (Wildman–Crippen LogP) is 2.52. The van der Waals surface area contributed by atoms with E-state index in [-0.39, 0.29) is 11.4 Å². The highest BCUT2D eigenvalue weighted by molar-refractivity contribution is 6.05. The van der Waals surface area contributed by atoms with E-state index in [9.17, 15) is 22.4 Å². The first-order chi connectivity index (χ1) is 8.71. The summed E-state index contributed by atoms with van der Waals surface area (Å²) < 4.78 is 50.9. The third-order valence-electron chi connectivity index (χ3n) is 2.83.